The molecule has 0 aliphatic carbocycles. The molecule has 1 aliphatic heterocycles. The maximum atomic E-state index is 12.7. The lowest BCUT2D eigenvalue weighted by molar-refractivity contribution is 0.496. The molecule has 3 nitrogen and oxygen atoms in total. The summed E-state index contributed by atoms with van der Waals surface area (Å²) in [7, 11) is -3.18. The molecule has 0 atom stereocenters. The van der Waals surface area contributed by atoms with Gasteiger partial charge in [-0.3, -0.25) is 0 Å². The van der Waals surface area contributed by atoms with E-state index in [2.05, 4.69) is 5.32 Å². The second kappa shape index (κ2) is 5.02. The standard InChI is InChI=1S/C14H21NO2S/c1-10-8-11(2)14(12(3)9-10)18(16,17)13-4-6-15-7-5-13/h8-9,13,15H,4-7H2,1-3H3. The number of sulfone groups is 1. The van der Waals surface area contributed by atoms with Crippen molar-refractivity contribution in [3.05, 3.63) is 28.8 Å². The van der Waals surface area contributed by atoms with Crippen LogP contribution in [0.3, 0.4) is 0 Å². The number of nitrogens with one attached hydrogen (secondary N) is 1. The summed E-state index contributed by atoms with van der Waals surface area (Å²) < 4.78 is 25.4. The summed E-state index contributed by atoms with van der Waals surface area (Å²) in [5.41, 5.74) is 2.88. The third-order valence-corrected chi connectivity index (χ3v) is 6.18. The minimum Gasteiger partial charge on any atom is -0.317 e. The topological polar surface area (TPSA) is 46.2 Å². The number of benzene rings is 1. The summed E-state index contributed by atoms with van der Waals surface area (Å²) in [6.45, 7) is 7.39. The van der Waals surface area contributed by atoms with Gasteiger partial charge < -0.3 is 5.32 Å². The predicted octanol–water partition coefficient (Wildman–Crippen LogP) is 2.14. The van der Waals surface area contributed by atoms with E-state index in [1.807, 2.05) is 32.9 Å². The van der Waals surface area contributed by atoms with Gasteiger partial charge in [-0.2, -0.15) is 0 Å². The van der Waals surface area contributed by atoms with Gasteiger partial charge in [0.05, 0.1) is 10.1 Å². The summed E-state index contributed by atoms with van der Waals surface area (Å²) in [6, 6.07) is 3.92. The Morgan fingerprint density at radius 3 is 2.06 bits per heavy atom. The summed E-state index contributed by atoms with van der Waals surface area (Å²) in [4.78, 5) is 0.556. The smallest absolute Gasteiger partial charge is 0.181 e. The highest BCUT2D eigenvalue weighted by Gasteiger charge is 2.31. The number of piperidine rings is 1. The van der Waals surface area contributed by atoms with Gasteiger partial charge in [0, 0.05) is 0 Å². The van der Waals surface area contributed by atoms with Gasteiger partial charge in [0.25, 0.3) is 0 Å². The largest absolute Gasteiger partial charge is 0.317 e. The Kier molecular flexibility index (Phi) is 3.78. The van der Waals surface area contributed by atoms with Crippen molar-refractivity contribution in [2.45, 2.75) is 43.8 Å². The summed E-state index contributed by atoms with van der Waals surface area (Å²) >= 11 is 0. The van der Waals surface area contributed by atoms with Crippen LogP contribution in [0.4, 0.5) is 0 Å². The van der Waals surface area contributed by atoms with E-state index in [-0.39, 0.29) is 5.25 Å². The average Bonchev–Trinajstić information content (AvgIpc) is 2.28. The van der Waals surface area contributed by atoms with Crippen molar-refractivity contribution >= 4 is 9.84 Å². The molecule has 0 aromatic heterocycles. The molecular weight excluding hydrogens is 246 g/mol. The third-order valence-electron chi connectivity index (χ3n) is 3.61. The van der Waals surface area contributed by atoms with E-state index in [1.54, 1.807) is 0 Å². The van der Waals surface area contributed by atoms with Crippen molar-refractivity contribution in [3.63, 3.8) is 0 Å². The molecule has 1 aromatic rings. The van der Waals surface area contributed by atoms with Gasteiger partial charge in [-0.05, 0) is 57.8 Å². The maximum Gasteiger partial charge on any atom is 0.181 e. The lowest BCUT2D eigenvalue weighted by Gasteiger charge is -2.24. The van der Waals surface area contributed by atoms with Crippen LogP contribution in [0.2, 0.25) is 0 Å². The van der Waals surface area contributed by atoms with Crippen LogP contribution in [0.5, 0.6) is 0 Å². The fourth-order valence-electron chi connectivity index (χ4n) is 2.89. The van der Waals surface area contributed by atoms with Crippen LogP contribution in [0.25, 0.3) is 0 Å². The SMILES string of the molecule is Cc1cc(C)c(S(=O)(=O)C2CCNCC2)c(C)c1. The van der Waals surface area contributed by atoms with Crippen LogP contribution in [0.1, 0.15) is 29.5 Å². The Labute approximate surface area is 110 Å². The van der Waals surface area contributed by atoms with Gasteiger partial charge in [0.1, 0.15) is 0 Å². The molecule has 1 aliphatic rings. The molecule has 0 unspecified atom stereocenters. The maximum absolute atomic E-state index is 12.7. The van der Waals surface area contributed by atoms with E-state index in [0.29, 0.717) is 4.90 Å². The Bertz CT molecular complexity index is 520. The van der Waals surface area contributed by atoms with Crippen molar-refractivity contribution < 1.29 is 8.42 Å². The number of hydrogen-bond donors (Lipinski definition) is 1. The molecule has 100 valence electrons. The minimum absolute atomic E-state index is 0.223. The van der Waals surface area contributed by atoms with Crippen LogP contribution in [-0.2, 0) is 9.84 Å². The fraction of sp³-hybridized carbons (Fsp3) is 0.571. The van der Waals surface area contributed by atoms with Crippen molar-refractivity contribution in [1.82, 2.24) is 5.32 Å². The molecule has 0 saturated carbocycles. The summed E-state index contributed by atoms with van der Waals surface area (Å²) in [5, 5.41) is 2.99. The van der Waals surface area contributed by atoms with Crippen LogP contribution in [0.15, 0.2) is 17.0 Å². The van der Waals surface area contributed by atoms with Crippen molar-refractivity contribution in [2.75, 3.05) is 13.1 Å². The Morgan fingerprint density at radius 2 is 1.56 bits per heavy atom. The molecule has 1 heterocycles. The molecule has 1 N–H and O–H groups in total. The van der Waals surface area contributed by atoms with E-state index in [1.165, 1.54) is 0 Å². The van der Waals surface area contributed by atoms with Gasteiger partial charge in [-0.15, -0.1) is 0 Å². The molecule has 0 bridgehead atoms. The third kappa shape index (κ3) is 2.45. The van der Waals surface area contributed by atoms with Gasteiger partial charge >= 0.3 is 0 Å². The minimum atomic E-state index is -3.18. The first kappa shape index (κ1) is 13.6. The van der Waals surface area contributed by atoms with Crippen molar-refractivity contribution in [2.24, 2.45) is 0 Å². The molecule has 0 spiro atoms. The highest BCUT2D eigenvalue weighted by atomic mass is 32.2. The van der Waals surface area contributed by atoms with Crippen molar-refractivity contribution in [1.29, 1.82) is 0 Å². The molecule has 0 radical (unpaired) electrons. The van der Waals surface area contributed by atoms with Gasteiger partial charge in [0.2, 0.25) is 0 Å². The molecule has 2 rings (SSSR count). The number of rotatable bonds is 2. The first-order valence-electron chi connectivity index (χ1n) is 6.45. The van der Waals surface area contributed by atoms with E-state index >= 15 is 0 Å². The zero-order valence-corrected chi connectivity index (χ0v) is 12.1. The number of aryl methyl sites for hydroxylation is 3. The van der Waals surface area contributed by atoms with E-state index in [0.717, 1.165) is 42.6 Å². The second-order valence-electron chi connectivity index (χ2n) is 5.22. The highest BCUT2D eigenvalue weighted by molar-refractivity contribution is 7.92. The van der Waals surface area contributed by atoms with E-state index < -0.39 is 9.84 Å². The summed E-state index contributed by atoms with van der Waals surface area (Å²) in [5.74, 6) is 0. The zero-order valence-electron chi connectivity index (χ0n) is 11.3. The average molecular weight is 267 g/mol. The van der Waals surface area contributed by atoms with Crippen LogP contribution < -0.4 is 5.32 Å². The zero-order chi connectivity index (χ0) is 13.3. The molecular formula is C14H21NO2S. The molecule has 1 aromatic carbocycles. The van der Waals surface area contributed by atoms with Gasteiger partial charge in [-0.25, -0.2) is 8.42 Å². The van der Waals surface area contributed by atoms with Crippen molar-refractivity contribution in [3.8, 4) is 0 Å². The highest BCUT2D eigenvalue weighted by Crippen LogP contribution is 2.28. The Balaban J connectivity index is 2.47. The first-order valence-corrected chi connectivity index (χ1v) is 8.00. The molecule has 1 fully saturated rings. The lowest BCUT2D eigenvalue weighted by Crippen LogP contribution is -2.36. The lowest BCUT2D eigenvalue weighted by atomic mass is 10.1. The molecule has 4 heteroatoms. The van der Waals surface area contributed by atoms with Crippen LogP contribution in [-0.4, -0.2) is 26.8 Å². The molecule has 1 saturated heterocycles. The fourth-order valence-corrected chi connectivity index (χ4v) is 5.09. The Morgan fingerprint density at radius 1 is 1.06 bits per heavy atom. The second-order valence-corrected chi connectivity index (χ2v) is 7.39. The van der Waals surface area contributed by atoms with E-state index in [4.69, 9.17) is 0 Å². The molecule has 18 heavy (non-hydrogen) atoms. The number of hydrogen-bond acceptors (Lipinski definition) is 3. The van der Waals surface area contributed by atoms with Crippen LogP contribution >= 0.6 is 0 Å². The normalized spacial score (nSPS) is 17.9. The van der Waals surface area contributed by atoms with Crippen LogP contribution in [0, 0.1) is 20.8 Å². The van der Waals surface area contributed by atoms with Gasteiger partial charge in [-0.1, -0.05) is 17.7 Å². The quantitative estimate of drug-likeness (QED) is 0.893. The van der Waals surface area contributed by atoms with Gasteiger partial charge in [0.15, 0.2) is 9.84 Å². The van der Waals surface area contributed by atoms with E-state index in [9.17, 15) is 8.42 Å². The summed E-state index contributed by atoms with van der Waals surface area (Å²) in [6.07, 6.45) is 1.43. The predicted molar refractivity (Wildman–Crippen MR) is 73.7 cm³/mol. The monoisotopic (exact) mass is 267 g/mol. The first-order chi connectivity index (χ1) is 8.43. The Hall–Kier alpha value is -0.870. The molecule has 0 amide bonds.